The van der Waals surface area contributed by atoms with Gasteiger partial charge in [-0.1, -0.05) is 26.8 Å². The number of carbonyl (C=O) groups is 1. The predicted octanol–water partition coefficient (Wildman–Crippen LogP) is 3.39. The van der Waals surface area contributed by atoms with Crippen LogP contribution in [0, 0.1) is 0 Å². The first-order chi connectivity index (χ1) is 8.79. The van der Waals surface area contributed by atoms with Crippen LogP contribution in [0.15, 0.2) is 18.2 Å². The third-order valence-electron chi connectivity index (χ3n) is 3.38. The van der Waals surface area contributed by atoms with E-state index in [-0.39, 0.29) is 11.2 Å². The number of fused-ring (bicyclic) bond motifs is 1. The molecule has 102 valence electrons. The van der Waals surface area contributed by atoms with Gasteiger partial charge < -0.3 is 9.36 Å². The first kappa shape index (κ1) is 13.8. The quantitative estimate of drug-likeness (QED) is 0.845. The monoisotopic (exact) mass is 258 g/mol. The second kappa shape index (κ2) is 4.80. The Morgan fingerprint density at radius 3 is 2.58 bits per heavy atom. The Morgan fingerprint density at radius 2 is 2.00 bits per heavy atom. The van der Waals surface area contributed by atoms with Crippen LogP contribution in [0.3, 0.4) is 0 Å². The minimum absolute atomic E-state index is 0.0350. The van der Waals surface area contributed by atoms with E-state index in [1.807, 2.05) is 0 Å². The maximum Gasteiger partial charge on any atom is 0.130 e. The van der Waals surface area contributed by atoms with Gasteiger partial charge in [0.25, 0.3) is 0 Å². The van der Waals surface area contributed by atoms with Crippen LogP contribution in [0.2, 0.25) is 0 Å². The average Bonchev–Trinajstić information content (AvgIpc) is 2.64. The minimum Gasteiger partial charge on any atom is -0.331 e. The van der Waals surface area contributed by atoms with Crippen LogP contribution in [0.25, 0.3) is 11.0 Å². The van der Waals surface area contributed by atoms with E-state index in [2.05, 4.69) is 50.6 Å². The molecule has 1 aromatic heterocycles. The number of benzene rings is 1. The standard InChI is InChI=1S/C16H22N2O/c1-11(19)6-7-12-8-9-13-14(10-12)18(5)15(17-13)16(2,3)4/h8-10H,6-7H2,1-5H3. The molecule has 0 bridgehead atoms. The molecule has 0 aliphatic carbocycles. The zero-order chi connectivity index (χ0) is 14.2. The van der Waals surface area contributed by atoms with Gasteiger partial charge in [0.1, 0.15) is 11.6 Å². The van der Waals surface area contributed by atoms with Crippen LogP contribution < -0.4 is 0 Å². The molecule has 0 saturated heterocycles. The third kappa shape index (κ3) is 2.86. The van der Waals surface area contributed by atoms with Crippen molar-refractivity contribution in [2.45, 2.75) is 46.0 Å². The van der Waals surface area contributed by atoms with Crippen molar-refractivity contribution in [3.8, 4) is 0 Å². The number of aromatic nitrogens is 2. The van der Waals surface area contributed by atoms with Crippen molar-refractivity contribution in [1.82, 2.24) is 9.55 Å². The molecule has 2 rings (SSSR count). The predicted molar refractivity (Wildman–Crippen MR) is 78.4 cm³/mol. The van der Waals surface area contributed by atoms with Crippen LogP contribution in [0.4, 0.5) is 0 Å². The summed E-state index contributed by atoms with van der Waals surface area (Å²) in [4.78, 5) is 15.8. The zero-order valence-electron chi connectivity index (χ0n) is 12.4. The van der Waals surface area contributed by atoms with Gasteiger partial charge in [-0.15, -0.1) is 0 Å². The van der Waals surface area contributed by atoms with Gasteiger partial charge in [0, 0.05) is 18.9 Å². The number of hydrogen-bond acceptors (Lipinski definition) is 2. The Hall–Kier alpha value is -1.64. The number of hydrogen-bond donors (Lipinski definition) is 0. The molecular weight excluding hydrogens is 236 g/mol. The van der Waals surface area contributed by atoms with Gasteiger partial charge >= 0.3 is 0 Å². The Kier molecular flexibility index (Phi) is 3.48. The molecule has 0 unspecified atom stereocenters. The van der Waals surface area contributed by atoms with Gasteiger partial charge in [0.2, 0.25) is 0 Å². The molecule has 0 radical (unpaired) electrons. The lowest BCUT2D eigenvalue weighted by Gasteiger charge is -2.17. The van der Waals surface area contributed by atoms with E-state index in [9.17, 15) is 4.79 Å². The maximum absolute atomic E-state index is 11.1. The lowest BCUT2D eigenvalue weighted by Crippen LogP contribution is -2.17. The number of imidazole rings is 1. The van der Waals surface area contributed by atoms with Crippen molar-refractivity contribution < 1.29 is 4.79 Å². The molecule has 3 heteroatoms. The molecule has 0 spiro atoms. The van der Waals surface area contributed by atoms with Crippen molar-refractivity contribution in [2.24, 2.45) is 7.05 Å². The highest BCUT2D eigenvalue weighted by Crippen LogP contribution is 2.26. The molecule has 3 nitrogen and oxygen atoms in total. The molecule has 0 atom stereocenters. The lowest BCUT2D eigenvalue weighted by molar-refractivity contribution is -0.116. The Labute approximate surface area is 114 Å². The molecule has 0 N–H and O–H groups in total. The number of aryl methyl sites for hydroxylation is 2. The van der Waals surface area contributed by atoms with E-state index in [4.69, 9.17) is 4.98 Å². The number of nitrogens with zero attached hydrogens (tertiary/aromatic N) is 2. The largest absolute Gasteiger partial charge is 0.331 e. The maximum atomic E-state index is 11.1. The second-order valence-corrected chi connectivity index (χ2v) is 6.27. The molecule has 0 amide bonds. The van der Waals surface area contributed by atoms with Crippen molar-refractivity contribution in [3.05, 3.63) is 29.6 Å². The third-order valence-corrected chi connectivity index (χ3v) is 3.38. The highest BCUT2D eigenvalue weighted by atomic mass is 16.1. The summed E-state index contributed by atoms with van der Waals surface area (Å²) >= 11 is 0. The summed E-state index contributed by atoms with van der Waals surface area (Å²) in [6, 6.07) is 6.28. The topological polar surface area (TPSA) is 34.9 Å². The van der Waals surface area contributed by atoms with Gasteiger partial charge in [0.05, 0.1) is 11.0 Å². The highest BCUT2D eigenvalue weighted by molar-refractivity contribution is 5.78. The van der Waals surface area contributed by atoms with E-state index >= 15 is 0 Å². The van der Waals surface area contributed by atoms with Gasteiger partial charge in [-0.05, 0) is 31.0 Å². The minimum atomic E-state index is 0.0350. The summed E-state index contributed by atoms with van der Waals surface area (Å²) in [5.41, 5.74) is 3.41. The fourth-order valence-corrected chi connectivity index (χ4v) is 2.38. The van der Waals surface area contributed by atoms with E-state index < -0.39 is 0 Å². The second-order valence-electron chi connectivity index (χ2n) is 6.27. The normalized spacial score (nSPS) is 12.1. The van der Waals surface area contributed by atoms with Gasteiger partial charge in [-0.3, -0.25) is 0 Å². The summed E-state index contributed by atoms with van der Waals surface area (Å²) in [5, 5.41) is 0. The van der Waals surface area contributed by atoms with Crippen LogP contribution in [-0.4, -0.2) is 15.3 Å². The lowest BCUT2D eigenvalue weighted by atomic mass is 9.96. The molecule has 2 aromatic rings. The van der Waals surface area contributed by atoms with Crippen molar-refractivity contribution in [1.29, 1.82) is 0 Å². The Balaban J connectivity index is 2.43. The van der Waals surface area contributed by atoms with Crippen molar-refractivity contribution in [2.75, 3.05) is 0 Å². The van der Waals surface area contributed by atoms with Crippen LogP contribution in [0.5, 0.6) is 0 Å². The van der Waals surface area contributed by atoms with Gasteiger partial charge in [-0.25, -0.2) is 4.98 Å². The summed E-state index contributed by atoms with van der Waals surface area (Å²) in [5.74, 6) is 1.33. The highest BCUT2D eigenvalue weighted by Gasteiger charge is 2.21. The van der Waals surface area contributed by atoms with E-state index in [0.29, 0.717) is 6.42 Å². The molecule has 0 fully saturated rings. The molecule has 0 saturated carbocycles. The molecule has 1 heterocycles. The Bertz CT molecular complexity index is 617. The fraction of sp³-hybridized carbons (Fsp3) is 0.500. The summed E-state index contributed by atoms with van der Waals surface area (Å²) < 4.78 is 2.16. The summed E-state index contributed by atoms with van der Waals surface area (Å²) in [7, 11) is 2.06. The Morgan fingerprint density at radius 1 is 1.32 bits per heavy atom. The summed E-state index contributed by atoms with van der Waals surface area (Å²) in [6.07, 6.45) is 1.41. The van der Waals surface area contributed by atoms with Crippen LogP contribution in [0.1, 0.15) is 45.5 Å². The average molecular weight is 258 g/mol. The smallest absolute Gasteiger partial charge is 0.130 e. The molecule has 0 aliphatic heterocycles. The first-order valence-corrected chi connectivity index (χ1v) is 6.74. The van der Waals surface area contributed by atoms with Crippen molar-refractivity contribution in [3.63, 3.8) is 0 Å². The number of Topliss-reactive ketones (excluding diaryl/α,β-unsaturated/α-hetero) is 1. The number of ketones is 1. The molecule has 1 aromatic carbocycles. The van der Waals surface area contributed by atoms with Crippen LogP contribution in [-0.2, 0) is 23.7 Å². The first-order valence-electron chi connectivity index (χ1n) is 6.74. The fourth-order valence-electron chi connectivity index (χ4n) is 2.38. The zero-order valence-corrected chi connectivity index (χ0v) is 12.4. The van der Waals surface area contributed by atoms with Gasteiger partial charge in [-0.2, -0.15) is 0 Å². The number of rotatable bonds is 3. The summed E-state index contributed by atoms with van der Waals surface area (Å²) in [6.45, 7) is 8.15. The molecule has 19 heavy (non-hydrogen) atoms. The SMILES string of the molecule is CC(=O)CCc1ccc2nc(C(C)(C)C)n(C)c2c1. The van der Waals surface area contributed by atoms with E-state index in [1.165, 1.54) is 5.56 Å². The van der Waals surface area contributed by atoms with Crippen LogP contribution >= 0.6 is 0 Å². The van der Waals surface area contributed by atoms with Crippen molar-refractivity contribution >= 4 is 16.8 Å². The molecule has 0 aliphatic rings. The van der Waals surface area contributed by atoms with E-state index in [1.54, 1.807) is 6.92 Å². The van der Waals surface area contributed by atoms with E-state index in [0.717, 1.165) is 23.3 Å². The number of carbonyl (C=O) groups excluding carboxylic acids is 1. The van der Waals surface area contributed by atoms with Gasteiger partial charge in [0.15, 0.2) is 0 Å². The molecular formula is C16H22N2O.